The number of nitrogens with one attached hydrogen (secondary N) is 1. The van der Waals surface area contributed by atoms with Gasteiger partial charge in [0.25, 0.3) is 0 Å². The number of nitrogens with zero attached hydrogens (tertiary/aromatic N) is 1. The fraction of sp³-hybridized carbons (Fsp3) is 0.400. The van der Waals surface area contributed by atoms with E-state index < -0.39 is 30.6 Å². The Morgan fingerprint density at radius 2 is 1.80 bits per heavy atom. The summed E-state index contributed by atoms with van der Waals surface area (Å²) in [7, 11) is 1.45. The SMILES string of the molecule is CO[C@H]1[C@H](O)[C@@H](COCc2ccc3ccccc3c2)OC(OCc2cccc(O)c2)[C@@H]1NC(=O)CCCN=C(N)N. The van der Waals surface area contributed by atoms with Crippen LogP contribution in [-0.2, 0) is 37.0 Å². The third-order valence-electron chi connectivity index (χ3n) is 6.82. The number of benzene rings is 3. The lowest BCUT2D eigenvalue weighted by Gasteiger charge is -2.44. The first kappa shape index (κ1) is 30.2. The molecule has 0 bridgehead atoms. The van der Waals surface area contributed by atoms with Gasteiger partial charge in [-0.2, -0.15) is 0 Å². The van der Waals surface area contributed by atoms with Crippen LogP contribution in [-0.4, -0.2) is 73.0 Å². The van der Waals surface area contributed by atoms with Crippen LogP contribution in [0, 0.1) is 0 Å². The number of aliphatic imine (C=N–C) groups is 1. The van der Waals surface area contributed by atoms with E-state index in [1.807, 2.05) is 36.4 Å². The quantitative estimate of drug-likeness (QED) is 0.118. The monoisotopic (exact) mass is 566 g/mol. The molecule has 0 saturated carbocycles. The van der Waals surface area contributed by atoms with Crippen LogP contribution in [0.15, 0.2) is 71.7 Å². The third-order valence-corrected chi connectivity index (χ3v) is 6.82. The first-order valence-electron chi connectivity index (χ1n) is 13.5. The molecule has 0 radical (unpaired) electrons. The predicted molar refractivity (Wildman–Crippen MR) is 154 cm³/mol. The Morgan fingerprint density at radius 1 is 1.02 bits per heavy atom. The van der Waals surface area contributed by atoms with Gasteiger partial charge in [0.05, 0.1) is 19.8 Å². The summed E-state index contributed by atoms with van der Waals surface area (Å²) in [6, 6.07) is 20.0. The van der Waals surface area contributed by atoms with Gasteiger partial charge in [0.15, 0.2) is 12.2 Å². The van der Waals surface area contributed by atoms with Gasteiger partial charge >= 0.3 is 0 Å². The van der Waals surface area contributed by atoms with Gasteiger partial charge in [-0.1, -0.05) is 48.5 Å². The molecular weight excluding hydrogens is 528 g/mol. The van der Waals surface area contributed by atoms with Crippen LogP contribution in [0.1, 0.15) is 24.0 Å². The van der Waals surface area contributed by atoms with Gasteiger partial charge in [-0.25, -0.2) is 0 Å². The van der Waals surface area contributed by atoms with Gasteiger partial charge in [0.2, 0.25) is 5.91 Å². The van der Waals surface area contributed by atoms with Crippen molar-refractivity contribution in [2.24, 2.45) is 16.5 Å². The van der Waals surface area contributed by atoms with Gasteiger partial charge in [-0.3, -0.25) is 9.79 Å². The van der Waals surface area contributed by atoms with Crippen LogP contribution in [0.2, 0.25) is 0 Å². The number of aliphatic hydroxyl groups excluding tert-OH is 1. The Balaban J connectivity index is 1.42. The second-order valence-corrected chi connectivity index (χ2v) is 9.91. The number of aliphatic hydroxyl groups is 1. The van der Waals surface area contributed by atoms with E-state index >= 15 is 0 Å². The minimum atomic E-state index is -1.11. The minimum absolute atomic E-state index is 0.0389. The summed E-state index contributed by atoms with van der Waals surface area (Å²) in [6.45, 7) is 0.785. The van der Waals surface area contributed by atoms with E-state index in [-0.39, 0.29) is 37.3 Å². The lowest BCUT2D eigenvalue weighted by molar-refractivity contribution is -0.279. The van der Waals surface area contributed by atoms with E-state index in [2.05, 4.69) is 16.4 Å². The van der Waals surface area contributed by atoms with Crippen molar-refractivity contribution in [2.45, 2.75) is 56.7 Å². The number of nitrogens with two attached hydrogens (primary N) is 2. The van der Waals surface area contributed by atoms with Crippen LogP contribution in [0.4, 0.5) is 0 Å². The van der Waals surface area contributed by atoms with Crippen LogP contribution in [0.3, 0.4) is 0 Å². The number of ether oxygens (including phenoxy) is 4. The van der Waals surface area contributed by atoms with Crippen molar-refractivity contribution < 1.29 is 34.0 Å². The second kappa shape index (κ2) is 14.8. The Kier molecular flexibility index (Phi) is 10.9. The Bertz CT molecular complexity index is 1320. The lowest BCUT2D eigenvalue weighted by Crippen LogP contribution is -2.65. The van der Waals surface area contributed by atoms with Crippen molar-refractivity contribution in [2.75, 3.05) is 20.3 Å². The number of phenolic OH excluding ortho intramolecular Hbond substituents is 1. The molecule has 1 saturated heterocycles. The smallest absolute Gasteiger partial charge is 0.220 e. The summed E-state index contributed by atoms with van der Waals surface area (Å²) in [5.41, 5.74) is 12.4. The highest BCUT2D eigenvalue weighted by molar-refractivity contribution is 5.83. The van der Waals surface area contributed by atoms with E-state index in [1.165, 1.54) is 7.11 Å². The molecule has 1 aliphatic heterocycles. The number of rotatable bonds is 13. The van der Waals surface area contributed by atoms with Crippen molar-refractivity contribution in [3.05, 3.63) is 77.9 Å². The van der Waals surface area contributed by atoms with Crippen molar-refractivity contribution in [3.8, 4) is 5.75 Å². The van der Waals surface area contributed by atoms with E-state index in [0.29, 0.717) is 25.1 Å². The Hall–Kier alpha value is -3.74. The number of carbonyl (C=O) groups is 1. The molecule has 0 aliphatic carbocycles. The number of hydrogen-bond donors (Lipinski definition) is 5. The van der Waals surface area contributed by atoms with Gasteiger partial charge < -0.3 is 45.9 Å². The number of phenols is 1. The Morgan fingerprint density at radius 3 is 2.56 bits per heavy atom. The molecule has 1 fully saturated rings. The molecule has 4 rings (SSSR count). The summed E-state index contributed by atoms with van der Waals surface area (Å²) in [5, 5.41) is 26.1. The first-order valence-corrected chi connectivity index (χ1v) is 13.5. The maximum absolute atomic E-state index is 12.8. The summed E-state index contributed by atoms with van der Waals surface area (Å²) in [6.07, 6.45) is -3.13. The number of fused-ring (bicyclic) bond motifs is 1. The van der Waals surface area contributed by atoms with Crippen molar-refractivity contribution in [3.63, 3.8) is 0 Å². The molecule has 5 atom stereocenters. The molecular formula is C30H38N4O7. The second-order valence-electron chi connectivity index (χ2n) is 9.91. The standard InChI is InChI=1S/C30H38N4O7/c1-38-28-26(34-25(36)10-5-13-33-30(31)32)29(40-17-19-6-4-9-23(35)15-19)41-24(27(28)37)18-39-16-20-11-12-21-7-2-3-8-22(21)14-20/h2-4,6-9,11-12,14-15,24,26-29,35,37H,5,10,13,16-18H2,1H3,(H,34,36)(H4,31,32,33)/t24-,26-,27-,28-,29?/m1/s1. The molecule has 1 aliphatic rings. The molecule has 11 heteroatoms. The largest absolute Gasteiger partial charge is 0.508 e. The van der Waals surface area contributed by atoms with E-state index in [9.17, 15) is 15.0 Å². The molecule has 1 unspecified atom stereocenters. The number of carbonyl (C=O) groups excluding carboxylic acids is 1. The Labute approximate surface area is 239 Å². The van der Waals surface area contributed by atoms with Gasteiger partial charge in [-0.05, 0) is 46.5 Å². The van der Waals surface area contributed by atoms with E-state index in [4.69, 9.17) is 30.4 Å². The number of methoxy groups -OCH3 is 1. The topological polar surface area (TPSA) is 171 Å². The molecule has 1 amide bonds. The fourth-order valence-electron chi connectivity index (χ4n) is 4.79. The van der Waals surface area contributed by atoms with Crippen LogP contribution in [0.25, 0.3) is 10.8 Å². The third kappa shape index (κ3) is 8.62. The average Bonchev–Trinajstić information content (AvgIpc) is 2.96. The molecule has 1 heterocycles. The molecule has 220 valence electrons. The van der Waals surface area contributed by atoms with Gasteiger partial charge in [0.1, 0.15) is 30.1 Å². The highest BCUT2D eigenvalue weighted by Gasteiger charge is 2.47. The molecule has 7 N–H and O–H groups in total. The van der Waals surface area contributed by atoms with E-state index in [1.54, 1.807) is 24.3 Å². The zero-order valence-electron chi connectivity index (χ0n) is 23.0. The minimum Gasteiger partial charge on any atom is -0.508 e. The zero-order valence-corrected chi connectivity index (χ0v) is 23.0. The number of hydrogen-bond acceptors (Lipinski definition) is 8. The van der Waals surface area contributed by atoms with Crippen LogP contribution >= 0.6 is 0 Å². The van der Waals surface area contributed by atoms with Crippen LogP contribution in [0.5, 0.6) is 5.75 Å². The predicted octanol–water partition coefficient (Wildman–Crippen LogP) is 1.92. The lowest BCUT2D eigenvalue weighted by atomic mass is 9.96. The summed E-state index contributed by atoms with van der Waals surface area (Å²) < 4.78 is 23.8. The highest BCUT2D eigenvalue weighted by Crippen LogP contribution is 2.26. The fourth-order valence-corrected chi connectivity index (χ4v) is 4.79. The number of aromatic hydroxyl groups is 1. The normalized spacial score (nSPS) is 22.3. The molecule has 3 aromatic rings. The molecule has 0 aromatic heterocycles. The summed E-state index contributed by atoms with van der Waals surface area (Å²) >= 11 is 0. The number of guanidine groups is 1. The molecule has 11 nitrogen and oxygen atoms in total. The summed E-state index contributed by atoms with van der Waals surface area (Å²) in [5.74, 6) is -0.231. The number of amides is 1. The molecule has 3 aromatic carbocycles. The van der Waals surface area contributed by atoms with Crippen LogP contribution < -0.4 is 16.8 Å². The summed E-state index contributed by atoms with van der Waals surface area (Å²) in [4.78, 5) is 16.7. The van der Waals surface area contributed by atoms with Crippen molar-refractivity contribution in [1.29, 1.82) is 0 Å². The maximum atomic E-state index is 12.8. The molecule has 41 heavy (non-hydrogen) atoms. The first-order chi connectivity index (χ1) is 19.8. The maximum Gasteiger partial charge on any atom is 0.220 e. The highest BCUT2D eigenvalue weighted by atomic mass is 16.7. The van der Waals surface area contributed by atoms with Gasteiger partial charge in [-0.15, -0.1) is 0 Å². The average molecular weight is 567 g/mol. The van der Waals surface area contributed by atoms with E-state index in [0.717, 1.165) is 16.3 Å². The van der Waals surface area contributed by atoms with Crippen molar-refractivity contribution >= 4 is 22.6 Å². The zero-order chi connectivity index (χ0) is 29.2. The molecule has 0 spiro atoms. The van der Waals surface area contributed by atoms with Crippen molar-refractivity contribution in [1.82, 2.24) is 5.32 Å². The van der Waals surface area contributed by atoms with Gasteiger partial charge in [0, 0.05) is 20.1 Å².